The van der Waals surface area contributed by atoms with Crippen LogP contribution in [0.15, 0.2) is 43.1 Å². The second kappa shape index (κ2) is 3.64. The third-order valence-corrected chi connectivity index (χ3v) is 2.96. The van der Waals surface area contributed by atoms with Gasteiger partial charge in [0.25, 0.3) is 0 Å². The van der Waals surface area contributed by atoms with Crippen LogP contribution >= 0.6 is 11.3 Å². The summed E-state index contributed by atoms with van der Waals surface area (Å²) in [4.78, 5) is 6.04. The van der Waals surface area contributed by atoms with Crippen LogP contribution in [0.2, 0.25) is 0 Å². The molecule has 0 atom stereocenters. The summed E-state index contributed by atoms with van der Waals surface area (Å²) in [7, 11) is 0. The zero-order valence-corrected chi connectivity index (χ0v) is 8.29. The zero-order valence-electron chi connectivity index (χ0n) is 7.47. The van der Waals surface area contributed by atoms with Gasteiger partial charge in [0.1, 0.15) is 5.76 Å². The number of nitrogens with zero attached hydrogens (tertiary/aromatic N) is 1. The van der Waals surface area contributed by atoms with Crippen LogP contribution in [0.25, 0.3) is 16.3 Å². The maximum absolute atomic E-state index is 9.18. The highest BCUT2D eigenvalue weighted by Crippen LogP contribution is 2.28. The van der Waals surface area contributed by atoms with Gasteiger partial charge in [0.2, 0.25) is 0 Å². The van der Waals surface area contributed by atoms with Crippen LogP contribution < -0.4 is 0 Å². The molecule has 0 saturated heterocycles. The molecule has 2 aromatic rings. The van der Waals surface area contributed by atoms with Gasteiger partial charge in [0.05, 0.1) is 15.4 Å². The van der Waals surface area contributed by atoms with Gasteiger partial charge in [-0.05, 0) is 24.3 Å². The molecule has 2 rings (SSSR count). The fourth-order valence-electron chi connectivity index (χ4n) is 1.14. The van der Waals surface area contributed by atoms with E-state index in [1.807, 2.05) is 30.3 Å². The van der Waals surface area contributed by atoms with E-state index in [1.165, 1.54) is 11.3 Å². The minimum Gasteiger partial charge on any atom is -0.507 e. The number of aliphatic hydroxyl groups excluding tert-OH is 1. The fourth-order valence-corrected chi connectivity index (χ4v) is 1.99. The number of pyridine rings is 1. The summed E-state index contributed by atoms with van der Waals surface area (Å²) in [5, 5.41) is 9.18. The van der Waals surface area contributed by atoms with E-state index in [4.69, 9.17) is 0 Å². The van der Waals surface area contributed by atoms with Crippen molar-refractivity contribution in [3.8, 4) is 10.6 Å². The van der Waals surface area contributed by atoms with Gasteiger partial charge in [-0.25, -0.2) is 0 Å². The van der Waals surface area contributed by atoms with Crippen molar-refractivity contribution >= 4 is 17.1 Å². The van der Waals surface area contributed by atoms with Crippen molar-refractivity contribution in [2.45, 2.75) is 0 Å². The van der Waals surface area contributed by atoms with Gasteiger partial charge < -0.3 is 5.11 Å². The highest BCUT2D eigenvalue weighted by atomic mass is 32.1. The van der Waals surface area contributed by atoms with Crippen molar-refractivity contribution in [1.29, 1.82) is 0 Å². The summed E-state index contributed by atoms with van der Waals surface area (Å²) in [5.74, 6) is 0.109. The molecule has 0 amide bonds. The molecular formula is C11H9NOS. The van der Waals surface area contributed by atoms with Gasteiger partial charge in [0, 0.05) is 6.20 Å². The van der Waals surface area contributed by atoms with Gasteiger partial charge in [-0.15, -0.1) is 11.3 Å². The minimum absolute atomic E-state index is 0.109. The normalized spacial score (nSPS) is 10.0. The number of rotatable bonds is 2. The molecule has 0 fully saturated rings. The van der Waals surface area contributed by atoms with Gasteiger partial charge in [-0.2, -0.15) is 0 Å². The molecule has 2 heterocycles. The van der Waals surface area contributed by atoms with E-state index >= 15 is 0 Å². The van der Waals surface area contributed by atoms with E-state index in [0.29, 0.717) is 0 Å². The monoisotopic (exact) mass is 203 g/mol. The molecule has 0 aromatic carbocycles. The predicted molar refractivity (Wildman–Crippen MR) is 59.2 cm³/mol. The van der Waals surface area contributed by atoms with Crippen molar-refractivity contribution in [2.75, 3.05) is 0 Å². The van der Waals surface area contributed by atoms with Crippen molar-refractivity contribution in [3.63, 3.8) is 0 Å². The van der Waals surface area contributed by atoms with Crippen LogP contribution in [0.1, 0.15) is 4.88 Å². The summed E-state index contributed by atoms with van der Waals surface area (Å²) >= 11 is 1.48. The lowest BCUT2D eigenvalue weighted by atomic mass is 10.3. The topological polar surface area (TPSA) is 33.1 Å². The van der Waals surface area contributed by atoms with Crippen LogP contribution in [0.5, 0.6) is 0 Å². The Morgan fingerprint density at radius 3 is 2.71 bits per heavy atom. The van der Waals surface area contributed by atoms with E-state index in [2.05, 4.69) is 11.6 Å². The molecule has 70 valence electrons. The van der Waals surface area contributed by atoms with Gasteiger partial charge in [-0.3, -0.25) is 4.98 Å². The molecular weight excluding hydrogens is 194 g/mol. The number of aliphatic hydroxyl groups is 1. The van der Waals surface area contributed by atoms with Crippen molar-refractivity contribution in [1.82, 2.24) is 4.98 Å². The fraction of sp³-hybridized carbons (Fsp3) is 0. The van der Waals surface area contributed by atoms with Crippen molar-refractivity contribution < 1.29 is 5.11 Å². The van der Waals surface area contributed by atoms with Crippen LogP contribution in [0.3, 0.4) is 0 Å². The van der Waals surface area contributed by atoms with Gasteiger partial charge in [0.15, 0.2) is 0 Å². The quantitative estimate of drug-likeness (QED) is 0.759. The average Bonchev–Trinajstić information content (AvgIpc) is 2.68. The molecule has 0 aliphatic rings. The Balaban J connectivity index is 2.39. The largest absolute Gasteiger partial charge is 0.507 e. The first-order valence-corrected chi connectivity index (χ1v) is 4.98. The Hall–Kier alpha value is -1.61. The molecule has 14 heavy (non-hydrogen) atoms. The molecule has 0 bridgehead atoms. The Bertz CT molecular complexity index is 447. The van der Waals surface area contributed by atoms with E-state index < -0.39 is 0 Å². The lowest BCUT2D eigenvalue weighted by molar-refractivity contribution is 0.516. The number of thiophene rings is 1. The molecule has 0 spiro atoms. The van der Waals surface area contributed by atoms with Crippen molar-refractivity contribution in [2.24, 2.45) is 0 Å². The Morgan fingerprint density at radius 2 is 2.14 bits per heavy atom. The molecule has 0 aliphatic carbocycles. The van der Waals surface area contributed by atoms with Crippen LogP contribution in [-0.4, -0.2) is 10.1 Å². The van der Waals surface area contributed by atoms with E-state index in [1.54, 1.807) is 6.20 Å². The Morgan fingerprint density at radius 1 is 1.29 bits per heavy atom. The molecule has 0 aliphatic heterocycles. The molecule has 1 N–H and O–H groups in total. The maximum Gasteiger partial charge on any atom is 0.125 e. The smallest absolute Gasteiger partial charge is 0.125 e. The highest BCUT2D eigenvalue weighted by Gasteiger charge is 2.04. The maximum atomic E-state index is 9.18. The lowest BCUT2D eigenvalue weighted by Crippen LogP contribution is -1.75. The second-order valence-corrected chi connectivity index (χ2v) is 3.91. The molecule has 0 saturated carbocycles. The molecule has 3 heteroatoms. The van der Waals surface area contributed by atoms with Gasteiger partial charge in [-0.1, -0.05) is 12.6 Å². The zero-order chi connectivity index (χ0) is 9.97. The summed E-state index contributed by atoms with van der Waals surface area (Å²) in [6, 6.07) is 9.54. The standard InChI is InChI=1S/C11H9NOS/c1-8(13)10-5-6-11(14-10)9-4-2-3-7-12-9/h2-7,13H,1H2. The van der Waals surface area contributed by atoms with Gasteiger partial charge >= 0.3 is 0 Å². The van der Waals surface area contributed by atoms with Crippen LogP contribution in [0.4, 0.5) is 0 Å². The SMILES string of the molecule is C=C(O)c1ccc(-c2ccccn2)s1. The minimum atomic E-state index is 0.109. The number of hydrogen-bond acceptors (Lipinski definition) is 3. The third kappa shape index (κ3) is 1.67. The first kappa shape index (κ1) is 8.97. The van der Waals surface area contributed by atoms with E-state index in [-0.39, 0.29) is 5.76 Å². The number of hydrogen-bond donors (Lipinski definition) is 1. The molecule has 2 aromatic heterocycles. The molecule has 2 nitrogen and oxygen atoms in total. The Kier molecular flexibility index (Phi) is 2.33. The summed E-state index contributed by atoms with van der Waals surface area (Å²) in [6.07, 6.45) is 1.75. The molecule has 0 radical (unpaired) electrons. The van der Waals surface area contributed by atoms with Crippen LogP contribution in [0, 0.1) is 0 Å². The third-order valence-electron chi connectivity index (χ3n) is 1.81. The average molecular weight is 203 g/mol. The first-order chi connectivity index (χ1) is 6.77. The van der Waals surface area contributed by atoms with Crippen LogP contribution in [-0.2, 0) is 0 Å². The van der Waals surface area contributed by atoms with Crippen molar-refractivity contribution in [3.05, 3.63) is 48.0 Å². The summed E-state index contributed by atoms with van der Waals surface area (Å²) in [6.45, 7) is 3.48. The summed E-state index contributed by atoms with van der Waals surface area (Å²) in [5.41, 5.74) is 0.921. The van der Waals surface area contributed by atoms with E-state index in [0.717, 1.165) is 15.4 Å². The highest BCUT2D eigenvalue weighted by molar-refractivity contribution is 7.16. The van der Waals surface area contributed by atoms with E-state index in [9.17, 15) is 5.11 Å². The summed E-state index contributed by atoms with van der Waals surface area (Å²) < 4.78 is 0. The molecule has 0 unspecified atom stereocenters. The first-order valence-electron chi connectivity index (χ1n) is 4.17. The second-order valence-electron chi connectivity index (χ2n) is 2.83. The predicted octanol–water partition coefficient (Wildman–Crippen LogP) is 3.34. The Labute approximate surface area is 86.2 Å². The number of aromatic nitrogens is 1. The lowest BCUT2D eigenvalue weighted by Gasteiger charge is -1.93.